The molecule has 3 rings (SSSR count). The van der Waals surface area contributed by atoms with Gasteiger partial charge in [-0.25, -0.2) is 0 Å². The molecule has 1 aliphatic rings. The molecule has 0 amide bonds. The predicted molar refractivity (Wildman–Crippen MR) is 158 cm³/mol. The van der Waals surface area contributed by atoms with E-state index in [1.165, 1.54) is 0 Å². The highest BCUT2D eigenvalue weighted by Gasteiger charge is 2.23. The number of hydrogen-bond donors (Lipinski definition) is 2. The summed E-state index contributed by atoms with van der Waals surface area (Å²) in [6, 6.07) is 11.5. The maximum absolute atomic E-state index is 13.2. The molecule has 0 unspecified atom stereocenters. The number of carbonyl (C=O) groups excluding carboxylic acids is 1. The van der Waals surface area contributed by atoms with Gasteiger partial charge in [0, 0.05) is 24.4 Å². The van der Waals surface area contributed by atoms with E-state index in [1.54, 1.807) is 14.2 Å². The number of unbranched alkanes of at least 4 members (excludes halogenated alkanes) is 6. The number of ether oxygens (including phenoxy) is 4. The van der Waals surface area contributed by atoms with Gasteiger partial charge in [0.15, 0.2) is 28.8 Å². The molecule has 0 atom stereocenters. The van der Waals surface area contributed by atoms with Gasteiger partial charge in [0.05, 0.1) is 27.4 Å². The predicted octanol–water partition coefficient (Wildman–Crippen LogP) is 6.40. The van der Waals surface area contributed by atoms with Crippen LogP contribution < -0.4 is 18.9 Å². The van der Waals surface area contributed by atoms with Crippen molar-refractivity contribution < 1.29 is 34.0 Å². The second-order valence-corrected chi connectivity index (χ2v) is 9.96. The second kappa shape index (κ2) is 17.4. The summed E-state index contributed by atoms with van der Waals surface area (Å²) in [7, 11) is 3.23. The normalized spacial score (nSPS) is 15.2. The van der Waals surface area contributed by atoms with Crippen molar-refractivity contribution in [2.45, 2.75) is 64.2 Å². The van der Waals surface area contributed by atoms with Gasteiger partial charge in [-0.05, 0) is 98.9 Å². The Morgan fingerprint density at radius 3 is 1.45 bits per heavy atom. The summed E-state index contributed by atoms with van der Waals surface area (Å²) in [6.45, 7) is 1.66. The zero-order valence-corrected chi connectivity index (χ0v) is 24.0. The van der Waals surface area contributed by atoms with Gasteiger partial charge >= 0.3 is 0 Å². The van der Waals surface area contributed by atoms with Crippen molar-refractivity contribution in [3.8, 4) is 23.0 Å². The van der Waals surface area contributed by atoms with Gasteiger partial charge in [-0.1, -0.05) is 25.0 Å². The van der Waals surface area contributed by atoms with Crippen LogP contribution in [0.1, 0.15) is 75.3 Å². The molecule has 2 aromatic carbocycles. The number of carbonyl (C=O) groups is 1. The number of ketones is 1. The average molecular weight is 553 g/mol. The number of hydrogen-bond acceptors (Lipinski definition) is 7. The molecule has 0 aromatic heterocycles. The summed E-state index contributed by atoms with van der Waals surface area (Å²) in [5, 5.41) is 17.8. The van der Waals surface area contributed by atoms with Crippen molar-refractivity contribution in [3.63, 3.8) is 0 Å². The highest BCUT2D eigenvalue weighted by molar-refractivity contribution is 6.15. The van der Waals surface area contributed by atoms with E-state index in [9.17, 15) is 4.79 Å². The third-order valence-electron chi connectivity index (χ3n) is 6.92. The second-order valence-electron chi connectivity index (χ2n) is 9.96. The van der Waals surface area contributed by atoms with Gasteiger partial charge in [-0.2, -0.15) is 0 Å². The van der Waals surface area contributed by atoms with E-state index in [2.05, 4.69) is 0 Å². The van der Waals surface area contributed by atoms with Crippen LogP contribution in [-0.2, 0) is 4.79 Å². The van der Waals surface area contributed by atoms with Crippen molar-refractivity contribution in [1.29, 1.82) is 0 Å². The quantitative estimate of drug-likeness (QED) is 0.163. The topological polar surface area (TPSA) is 94.5 Å². The summed E-state index contributed by atoms with van der Waals surface area (Å²) in [5.41, 5.74) is 3.35. The van der Waals surface area contributed by atoms with Gasteiger partial charge in [-0.15, -0.1) is 0 Å². The SMILES string of the molecule is COc1cc(/C=C2/CC/C(=C/c3ccc(OCCCCCCO)c(OC)c3)C2=O)ccc1OCCCCCCO. The molecule has 0 bridgehead atoms. The first-order valence-corrected chi connectivity index (χ1v) is 14.4. The molecule has 2 aromatic rings. The largest absolute Gasteiger partial charge is 0.493 e. The fourth-order valence-electron chi connectivity index (χ4n) is 4.67. The first kappa shape index (κ1) is 31.2. The molecule has 7 heteroatoms. The molecule has 0 aliphatic heterocycles. The number of rotatable bonds is 18. The van der Waals surface area contributed by atoms with Crippen LogP contribution in [0.25, 0.3) is 12.2 Å². The molecular formula is C33H44O7. The fourth-order valence-corrected chi connectivity index (χ4v) is 4.67. The Hall–Kier alpha value is -3.29. The maximum atomic E-state index is 13.2. The van der Waals surface area contributed by atoms with Crippen LogP contribution >= 0.6 is 0 Å². The number of allylic oxidation sites excluding steroid dienone is 2. The number of Topliss-reactive ketones (excluding diaryl/α,β-unsaturated/α-hetero) is 1. The van der Waals surface area contributed by atoms with E-state index in [1.807, 2.05) is 48.6 Å². The van der Waals surface area contributed by atoms with Crippen LogP contribution in [0.2, 0.25) is 0 Å². The van der Waals surface area contributed by atoms with Crippen molar-refractivity contribution in [2.75, 3.05) is 40.6 Å². The molecule has 7 nitrogen and oxygen atoms in total. The van der Waals surface area contributed by atoms with Gasteiger partial charge < -0.3 is 29.2 Å². The third-order valence-corrected chi connectivity index (χ3v) is 6.92. The maximum Gasteiger partial charge on any atom is 0.185 e. The lowest BCUT2D eigenvalue weighted by molar-refractivity contribution is -0.111. The van der Waals surface area contributed by atoms with Gasteiger partial charge in [0.1, 0.15) is 0 Å². The molecule has 0 heterocycles. The Labute approximate surface area is 238 Å². The molecule has 1 fully saturated rings. The standard InChI is InChI=1S/C33H44O7/c1-37-31-23-25(11-15-29(31)39-19-9-5-3-7-17-34)21-27-13-14-28(33(27)36)22-26-12-16-30(32(24-26)38-2)40-20-10-6-4-8-18-35/h11-12,15-16,21-24,34-35H,3-10,13-14,17-20H2,1-2H3/b27-21-,28-22-. The van der Waals surface area contributed by atoms with Crippen LogP contribution in [0.4, 0.5) is 0 Å². The Balaban J connectivity index is 1.60. The lowest BCUT2D eigenvalue weighted by atomic mass is 10.1. The fraction of sp³-hybridized carbons (Fsp3) is 0.485. The highest BCUT2D eigenvalue weighted by Crippen LogP contribution is 2.34. The number of aliphatic hydroxyl groups is 2. The van der Waals surface area contributed by atoms with Gasteiger partial charge in [-0.3, -0.25) is 4.79 Å². The van der Waals surface area contributed by atoms with Crippen molar-refractivity contribution >= 4 is 17.9 Å². The van der Waals surface area contributed by atoms with Crippen LogP contribution in [0.3, 0.4) is 0 Å². The van der Waals surface area contributed by atoms with Crippen molar-refractivity contribution in [1.82, 2.24) is 0 Å². The van der Waals surface area contributed by atoms with E-state index in [0.717, 1.165) is 73.6 Å². The Bertz CT molecular complexity index is 1050. The number of aliphatic hydroxyl groups excluding tert-OH is 2. The van der Waals surface area contributed by atoms with E-state index in [0.29, 0.717) is 49.1 Å². The molecule has 218 valence electrons. The smallest absolute Gasteiger partial charge is 0.185 e. The third kappa shape index (κ3) is 9.72. The van der Waals surface area contributed by atoms with Crippen molar-refractivity contribution in [2.24, 2.45) is 0 Å². The highest BCUT2D eigenvalue weighted by atomic mass is 16.5. The average Bonchev–Trinajstić information content (AvgIpc) is 3.31. The lowest BCUT2D eigenvalue weighted by Crippen LogP contribution is -2.00. The number of methoxy groups -OCH3 is 2. The Morgan fingerprint density at radius 1 is 0.625 bits per heavy atom. The first-order valence-electron chi connectivity index (χ1n) is 14.4. The van der Waals surface area contributed by atoms with Crippen LogP contribution in [0.15, 0.2) is 47.5 Å². The molecule has 0 saturated heterocycles. The van der Waals surface area contributed by atoms with E-state index in [-0.39, 0.29) is 19.0 Å². The van der Waals surface area contributed by atoms with E-state index in [4.69, 9.17) is 29.2 Å². The van der Waals surface area contributed by atoms with Gasteiger partial charge in [0.2, 0.25) is 0 Å². The Morgan fingerprint density at radius 2 is 1.05 bits per heavy atom. The minimum absolute atomic E-state index is 0.0596. The number of benzene rings is 2. The van der Waals surface area contributed by atoms with E-state index >= 15 is 0 Å². The van der Waals surface area contributed by atoms with Gasteiger partial charge in [0.25, 0.3) is 0 Å². The minimum atomic E-state index is 0.0596. The van der Waals surface area contributed by atoms with E-state index < -0.39 is 0 Å². The monoisotopic (exact) mass is 552 g/mol. The zero-order valence-electron chi connectivity index (χ0n) is 24.0. The Kier molecular flexibility index (Phi) is 13.6. The summed E-state index contributed by atoms with van der Waals surface area (Å²) in [6.07, 6.45) is 12.8. The lowest BCUT2D eigenvalue weighted by Gasteiger charge is -2.11. The molecule has 0 radical (unpaired) electrons. The van der Waals surface area contributed by atoms with Crippen molar-refractivity contribution in [3.05, 3.63) is 58.7 Å². The summed E-state index contributed by atoms with van der Waals surface area (Å²) < 4.78 is 22.9. The van der Waals surface area contributed by atoms with Crippen LogP contribution in [0.5, 0.6) is 23.0 Å². The van der Waals surface area contributed by atoms with Crippen LogP contribution in [-0.4, -0.2) is 56.6 Å². The molecule has 1 aliphatic carbocycles. The first-order chi connectivity index (χ1) is 19.6. The molecular weight excluding hydrogens is 508 g/mol. The minimum Gasteiger partial charge on any atom is -0.493 e. The summed E-state index contributed by atoms with van der Waals surface area (Å²) in [5.74, 6) is 2.72. The van der Waals surface area contributed by atoms with Crippen LogP contribution in [0, 0.1) is 0 Å². The summed E-state index contributed by atoms with van der Waals surface area (Å²) in [4.78, 5) is 13.2. The molecule has 0 spiro atoms. The summed E-state index contributed by atoms with van der Waals surface area (Å²) >= 11 is 0. The zero-order chi connectivity index (χ0) is 28.6. The molecule has 1 saturated carbocycles. The molecule has 2 N–H and O–H groups in total. The molecule has 40 heavy (non-hydrogen) atoms.